The number of anilines is 1. The fraction of sp³-hybridized carbons (Fsp3) is 0.280. The Bertz CT molecular complexity index is 1120. The van der Waals surface area contributed by atoms with E-state index in [1.54, 1.807) is 52.0 Å². The minimum absolute atomic E-state index is 0.105. The minimum Gasteiger partial charge on any atom is -0.444 e. The largest absolute Gasteiger partial charge is 0.444 e. The van der Waals surface area contributed by atoms with Crippen LogP contribution in [0, 0.1) is 5.92 Å². The van der Waals surface area contributed by atoms with Crippen LogP contribution in [0.4, 0.5) is 9.93 Å². The molecule has 0 aliphatic carbocycles. The molecule has 0 fully saturated rings. The lowest BCUT2D eigenvalue weighted by molar-refractivity contribution is -0.119. The number of amides is 2. The van der Waals surface area contributed by atoms with E-state index in [2.05, 4.69) is 15.6 Å². The number of hydrogen-bond acceptors (Lipinski definition) is 6. The average molecular weight is 466 g/mol. The van der Waals surface area contributed by atoms with E-state index in [0.29, 0.717) is 21.3 Å². The Kier molecular flexibility index (Phi) is 7.60. The van der Waals surface area contributed by atoms with Crippen molar-refractivity contribution >= 4 is 34.3 Å². The van der Waals surface area contributed by atoms with Crippen LogP contribution in [-0.2, 0) is 9.53 Å². The highest BCUT2D eigenvalue weighted by molar-refractivity contribution is 7.18. The maximum Gasteiger partial charge on any atom is 0.407 e. The van der Waals surface area contributed by atoms with Crippen LogP contribution in [0.1, 0.15) is 42.9 Å². The number of nitrogens with one attached hydrogen (secondary N) is 2. The maximum atomic E-state index is 13.2. The monoisotopic (exact) mass is 465 g/mol. The topological polar surface area (TPSA) is 97.4 Å². The molecule has 8 heteroatoms. The normalized spacial score (nSPS) is 12.0. The molecule has 0 saturated heterocycles. The molecule has 3 rings (SSSR count). The van der Waals surface area contributed by atoms with Crippen LogP contribution in [0.5, 0.6) is 0 Å². The summed E-state index contributed by atoms with van der Waals surface area (Å²) in [5.41, 5.74) is 1.23. The number of alkyl carbamates (subject to hydrolysis) is 1. The number of ketones is 1. The summed E-state index contributed by atoms with van der Waals surface area (Å²) in [7, 11) is 0. The predicted octanol–water partition coefficient (Wildman–Crippen LogP) is 5.14. The Morgan fingerprint density at radius 3 is 2.21 bits per heavy atom. The molecule has 3 aromatic rings. The molecule has 1 aromatic heterocycles. The summed E-state index contributed by atoms with van der Waals surface area (Å²) >= 11 is 1.13. The molecule has 2 aromatic carbocycles. The van der Waals surface area contributed by atoms with Crippen molar-refractivity contribution in [3.05, 3.63) is 71.1 Å². The standard InChI is InChI=1S/C25H27N3O4S/c1-16(15-26-24(31)32-25(2,3)4)22(30)28-23-27-19(17-11-7-5-8-12-17)21(33-23)20(29)18-13-9-6-10-14-18/h5-14,16H,15H2,1-4H3,(H,26,31)(H,27,28,30). The van der Waals surface area contributed by atoms with Gasteiger partial charge in [-0.1, -0.05) is 78.9 Å². The second-order valence-electron chi connectivity index (χ2n) is 8.53. The van der Waals surface area contributed by atoms with Gasteiger partial charge in [0.25, 0.3) is 0 Å². The van der Waals surface area contributed by atoms with Crippen molar-refractivity contribution in [3.8, 4) is 11.3 Å². The molecule has 7 nitrogen and oxygen atoms in total. The van der Waals surface area contributed by atoms with Crippen molar-refractivity contribution < 1.29 is 19.1 Å². The summed E-state index contributed by atoms with van der Waals surface area (Å²) in [5, 5.41) is 5.69. The van der Waals surface area contributed by atoms with Gasteiger partial charge in [0.2, 0.25) is 11.7 Å². The third-order valence-electron chi connectivity index (χ3n) is 4.55. The summed E-state index contributed by atoms with van der Waals surface area (Å²) in [4.78, 5) is 42.7. The molecular weight excluding hydrogens is 438 g/mol. The number of ether oxygens (including phenoxy) is 1. The second kappa shape index (κ2) is 10.4. The maximum absolute atomic E-state index is 13.2. The van der Waals surface area contributed by atoms with E-state index in [4.69, 9.17) is 4.74 Å². The number of carbonyl (C=O) groups excluding carboxylic acids is 3. The molecule has 2 N–H and O–H groups in total. The lowest BCUT2D eigenvalue weighted by Gasteiger charge is -2.20. The van der Waals surface area contributed by atoms with Crippen molar-refractivity contribution in [1.82, 2.24) is 10.3 Å². The third-order valence-corrected chi connectivity index (χ3v) is 5.52. The number of hydrogen-bond donors (Lipinski definition) is 2. The number of nitrogens with zero attached hydrogens (tertiary/aromatic N) is 1. The van der Waals surface area contributed by atoms with Crippen molar-refractivity contribution in [3.63, 3.8) is 0 Å². The highest BCUT2D eigenvalue weighted by Gasteiger charge is 2.23. The fourth-order valence-electron chi connectivity index (χ4n) is 2.91. The fourth-order valence-corrected chi connectivity index (χ4v) is 3.86. The average Bonchev–Trinajstić information content (AvgIpc) is 3.20. The van der Waals surface area contributed by atoms with E-state index in [1.807, 2.05) is 36.4 Å². The van der Waals surface area contributed by atoms with Gasteiger partial charge in [-0.2, -0.15) is 0 Å². The Morgan fingerprint density at radius 2 is 1.61 bits per heavy atom. The molecule has 172 valence electrons. The van der Waals surface area contributed by atoms with Crippen LogP contribution in [0.25, 0.3) is 11.3 Å². The van der Waals surface area contributed by atoms with Crippen LogP contribution in [0.3, 0.4) is 0 Å². The van der Waals surface area contributed by atoms with Gasteiger partial charge in [0.15, 0.2) is 5.13 Å². The van der Waals surface area contributed by atoms with Crippen LogP contribution in [0.15, 0.2) is 60.7 Å². The van der Waals surface area contributed by atoms with Crippen LogP contribution in [0.2, 0.25) is 0 Å². The first-order valence-corrected chi connectivity index (χ1v) is 11.4. The van der Waals surface area contributed by atoms with E-state index < -0.39 is 17.6 Å². The molecule has 0 saturated carbocycles. The van der Waals surface area contributed by atoms with E-state index in [0.717, 1.165) is 16.9 Å². The van der Waals surface area contributed by atoms with Crippen molar-refractivity contribution in [1.29, 1.82) is 0 Å². The van der Waals surface area contributed by atoms with E-state index in [1.165, 1.54) is 0 Å². The Labute approximate surface area is 197 Å². The van der Waals surface area contributed by atoms with Gasteiger partial charge in [0.05, 0.1) is 11.6 Å². The number of carbonyl (C=O) groups is 3. The second-order valence-corrected chi connectivity index (χ2v) is 9.53. The lowest BCUT2D eigenvalue weighted by Crippen LogP contribution is -2.37. The zero-order chi connectivity index (χ0) is 24.0. The molecule has 0 spiro atoms. The zero-order valence-electron chi connectivity index (χ0n) is 19.0. The number of thiazole rings is 1. The van der Waals surface area contributed by atoms with Crippen molar-refractivity contribution in [2.75, 3.05) is 11.9 Å². The predicted molar refractivity (Wildman–Crippen MR) is 129 cm³/mol. The quantitative estimate of drug-likeness (QED) is 0.471. The smallest absolute Gasteiger partial charge is 0.407 e. The van der Waals surface area contributed by atoms with Gasteiger partial charge >= 0.3 is 6.09 Å². The van der Waals surface area contributed by atoms with E-state index in [-0.39, 0.29) is 18.2 Å². The molecular formula is C25H27N3O4S. The zero-order valence-corrected chi connectivity index (χ0v) is 19.9. The van der Waals surface area contributed by atoms with Crippen LogP contribution < -0.4 is 10.6 Å². The Morgan fingerprint density at radius 1 is 1.00 bits per heavy atom. The highest BCUT2D eigenvalue weighted by Crippen LogP contribution is 2.33. The molecule has 1 heterocycles. The van der Waals surface area contributed by atoms with Gasteiger partial charge in [0, 0.05) is 17.7 Å². The van der Waals surface area contributed by atoms with Gasteiger partial charge in [-0.3, -0.25) is 9.59 Å². The number of benzene rings is 2. The lowest BCUT2D eigenvalue weighted by atomic mass is 10.1. The molecule has 0 aliphatic heterocycles. The molecule has 33 heavy (non-hydrogen) atoms. The van der Waals surface area contributed by atoms with Crippen LogP contribution >= 0.6 is 11.3 Å². The van der Waals surface area contributed by atoms with Gasteiger partial charge < -0.3 is 15.4 Å². The van der Waals surface area contributed by atoms with Gasteiger partial charge in [-0.05, 0) is 20.8 Å². The number of rotatable bonds is 7. The highest BCUT2D eigenvalue weighted by atomic mass is 32.1. The van der Waals surface area contributed by atoms with E-state index >= 15 is 0 Å². The van der Waals surface area contributed by atoms with E-state index in [9.17, 15) is 14.4 Å². The van der Waals surface area contributed by atoms with Gasteiger partial charge in [-0.25, -0.2) is 9.78 Å². The molecule has 2 amide bonds. The molecule has 0 radical (unpaired) electrons. The molecule has 1 unspecified atom stereocenters. The first-order chi connectivity index (χ1) is 15.6. The summed E-state index contributed by atoms with van der Waals surface area (Å²) < 4.78 is 5.19. The minimum atomic E-state index is -0.619. The Hall–Kier alpha value is -3.52. The summed E-state index contributed by atoms with van der Waals surface area (Å²) in [6.45, 7) is 7.10. The third kappa shape index (κ3) is 6.73. The summed E-state index contributed by atoms with van der Waals surface area (Å²) in [6.07, 6.45) is -0.585. The van der Waals surface area contributed by atoms with Gasteiger partial charge in [0.1, 0.15) is 10.5 Å². The molecule has 0 aliphatic rings. The summed E-state index contributed by atoms with van der Waals surface area (Å²) in [5.74, 6) is -1.01. The molecule has 0 bridgehead atoms. The van der Waals surface area contributed by atoms with Crippen molar-refractivity contribution in [2.45, 2.75) is 33.3 Å². The SMILES string of the molecule is CC(CNC(=O)OC(C)(C)C)C(=O)Nc1nc(-c2ccccc2)c(C(=O)c2ccccc2)s1. The van der Waals surface area contributed by atoms with Crippen LogP contribution in [-0.4, -0.2) is 34.9 Å². The first kappa shape index (κ1) is 24.1. The first-order valence-electron chi connectivity index (χ1n) is 10.6. The summed E-state index contributed by atoms with van der Waals surface area (Å²) in [6, 6.07) is 18.3. The number of aromatic nitrogens is 1. The Balaban J connectivity index is 1.77. The molecule has 1 atom stereocenters. The van der Waals surface area contributed by atoms with Crippen molar-refractivity contribution in [2.24, 2.45) is 5.92 Å². The van der Waals surface area contributed by atoms with Gasteiger partial charge in [-0.15, -0.1) is 0 Å².